The molecule has 1 aliphatic heterocycles. The number of hydrogen-bond acceptors (Lipinski definition) is 7. The molecule has 2 atom stereocenters. The van der Waals surface area contributed by atoms with Crippen molar-refractivity contribution in [3.8, 4) is 11.5 Å². The summed E-state index contributed by atoms with van der Waals surface area (Å²) >= 11 is 0. The first-order valence-corrected chi connectivity index (χ1v) is 9.03. The third-order valence-corrected chi connectivity index (χ3v) is 5.01. The van der Waals surface area contributed by atoms with Gasteiger partial charge < -0.3 is 30.2 Å². The molecule has 1 amide bonds. The second-order valence-corrected chi connectivity index (χ2v) is 6.90. The van der Waals surface area contributed by atoms with E-state index in [0.717, 1.165) is 0 Å². The maximum absolute atomic E-state index is 11.9. The summed E-state index contributed by atoms with van der Waals surface area (Å²) < 4.78 is 5.76. The van der Waals surface area contributed by atoms with Crippen LogP contribution >= 0.6 is 0 Å². The molecule has 4 rings (SSSR count). The van der Waals surface area contributed by atoms with Crippen LogP contribution < -0.4 is 25.4 Å². The third kappa shape index (κ3) is 3.44. The number of allylic oxidation sites excluding steroid dienone is 3. The second kappa shape index (κ2) is 7.49. The maximum Gasteiger partial charge on any atom is 0.207 e. The van der Waals surface area contributed by atoms with Gasteiger partial charge in [0.15, 0.2) is 5.78 Å². The fourth-order valence-corrected chi connectivity index (χ4v) is 3.77. The van der Waals surface area contributed by atoms with E-state index in [0.29, 0.717) is 16.9 Å². The van der Waals surface area contributed by atoms with Crippen molar-refractivity contribution >= 4 is 23.3 Å². The summed E-state index contributed by atoms with van der Waals surface area (Å²) in [7, 11) is 0. The number of carboxylic acids is 1. The SMILES string of the molecule is O=C1C=CC2C(=C1)Oc1cc([O-])ccc1C2c1ccc(NC(=O)C[O-])cc1C(=O)[O-]. The zero-order valence-electron chi connectivity index (χ0n) is 15.4. The topological polar surface area (TPSA) is 142 Å². The Balaban J connectivity index is 1.88. The monoisotopic (exact) mass is 404 g/mol. The summed E-state index contributed by atoms with van der Waals surface area (Å²) in [6.07, 6.45) is 4.31. The molecule has 0 fully saturated rings. The van der Waals surface area contributed by atoms with Crippen LogP contribution in [0, 0.1) is 5.92 Å². The molecule has 0 spiro atoms. The van der Waals surface area contributed by atoms with Crippen LogP contribution in [0.4, 0.5) is 5.69 Å². The van der Waals surface area contributed by atoms with E-state index >= 15 is 0 Å². The Labute approximate surface area is 170 Å². The third-order valence-electron chi connectivity index (χ3n) is 5.01. The van der Waals surface area contributed by atoms with Crippen molar-refractivity contribution in [2.24, 2.45) is 5.92 Å². The van der Waals surface area contributed by atoms with Crippen molar-refractivity contribution in [3.05, 3.63) is 77.1 Å². The number of ether oxygens (including phenoxy) is 1. The van der Waals surface area contributed by atoms with Crippen LogP contribution in [0.3, 0.4) is 0 Å². The molecule has 1 aliphatic carbocycles. The van der Waals surface area contributed by atoms with Crippen molar-refractivity contribution in [3.63, 3.8) is 0 Å². The van der Waals surface area contributed by atoms with Crippen molar-refractivity contribution < 1.29 is 34.4 Å². The zero-order chi connectivity index (χ0) is 21.4. The summed E-state index contributed by atoms with van der Waals surface area (Å²) in [5.41, 5.74) is 0.890. The van der Waals surface area contributed by atoms with E-state index < -0.39 is 30.3 Å². The van der Waals surface area contributed by atoms with Crippen LogP contribution in [0.15, 0.2) is 60.4 Å². The number of amides is 1. The van der Waals surface area contributed by atoms with Gasteiger partial charge in [0, 0.05) is 34.7 Å². The minimum absolute atomic E-state index is 0.145. The largest absolute Gasteiger partial charge is 0.872 e. The number of ketones is 1. The van der Waals surface area contributed by atoms with Gasteiger partial charge in [-0.25, -0.2) is 0 Å². The lowest BCUT2D eigenvalue weighted by molar-refractivity contribution is -0.353. The van der Waals surface area contributed by atoms with Gasteiger partial charge in [0.1, 0.15) is 11.5 Å². The molecule has 0 saturated carbocycles. The van der Waals surface area contributed by atoms with Gasteiger partial charge >= 0.3 is 0 Å². The first kappa shape index (κ1) is 19.4. The molecule has 30 heavy (non-hydrogen) atoms. The Morgan fingerprint density at radius 2 is 1.87 bits per heavy atom. The smallest absolute Gasteiger partial charge is 0.207 e. The summed E-state index contributed by atoms with van der Waals surface area (Å²) in [5, 5.41) is 36.7. The van der Waals surface area contributed by atoms with Gasteiger partial charge in [0.25, 0.3) is 0 Å². The molecular weight excluding hydrogens is 390 g/mol. The number of aromatic carboxylic acids is 1. The highest BCUT2D eigenvalue weighted by atomic mass is 16.5. The van der Waals surface area contributed by atoms with Gasteiger partial charge in [-0.3, -0.25) is 9.59 Å². The summed E-state index contributed by atoms with van der Waals surface area (Å²) in [6, 6.07) is 8.41. The predicted octanol–water partition coefficient (Wildman–Crippen LogP) is -0.414. The first-order chi connectivity index (χ1) is 14.4. The van der Waals surface area contributed by atoms with Gasteiger partial charge in [-0.05, 0) is 29.8 Å². The number of nitrogens with one attached hydrogen (secondary N) is 1. The molecule has 2 aliphatic rings. The average Bonchev–Trinajstić information content (AvgIpc) is 2.71. The lowest BCUT2D eigenvalue weighted by atomic mass is 9.74. The molecule has 0 aromatic heterocycles. The van der Waals surface area contributed by atoms with Crippen LogP contribution in [0.5, 0.6) is 11.5 Å². The van der Waals surface area contributed by atoms with E-state index in [1.807, 2.05) is 0 Å². The Kier molecular flexibility index (Phi) is 4.85. The Hall–Kier alpha value is -3.91. The summed E-state index contributed by atoms with van der Waals surface area (Å²) in [4.78, 5) is 35.1. The van der Waals surface area contributed by atoms with E-state index in [1.54, 1.807) is 12.1 Å². The Bertz CT molecular complexity index is 1130. The van der Waals surface area contributed by atoms with Crippen LogP contribution in [0.1, 0.15) is 27.4 Å². The minimum Gasteiger partial charge on any atom is -0.872 e. The molecule has 2 unspecified atom stereocenters. The van der Waals surface area contributed by atoms with Crippen molar-refractivity contribution in [1.82, 2.24) is 0 Å². The summed E-state index contributed by atoms with van der Waals surface area (Å²) in [6.45, 7) is -0.998. The second-order valence-electron chi connectivity index (χ2n) is 6.90. The first-order valence-electron chi connectivity index (χ1n) is 9.03. The number of hydrogen-bond donors (Lipinski definition) is 1. The molecule has 0 bridgehead atoms. The van der Waals surface area contributed by atoms with Gasteiger partial charge in [-0.2, -0.15) is 0 Å². The van der Waals surface area contributed by atoms with Crippen molar-refractivity contribution in [1.29, 1.82) is 0 Å². The Morgan fingerprint density at radius 1 is 1.10 bits per heavy atom. The number of fused-ring (bicyclic) bond motifs is 2. The van der Waals surface area contributed by atoms with Crippen LogP contribution in [-0.4, -0.2) is 24.3 Å². The Morgan fingerprint density at radius 3 is 2.60 bits per heavy atom. The number of carboxylic acid groups (broad SMARTS) is 1. The average molecular weight is 404 g/mol. The predicted molar refractivity (Wildman–Crippen MR) is 98.3 cm³/mol. The van der Waals surface area contributed by atoms with E-state index in [4.69, 9.17) is 4.74 Å². The van der Waals surface area contributed by atoms with Gasteiger partial charge in [-0.15, -0.1) is 5.75 Å². The lowest BCUT2D eigenvalue weighted by Gasteiger charge is -2.36. The number of anilines is 1. The highest BCUT2D eigenvalue weighted by Crippen LogP contribution is 2.48. The van der Waals surface area contributed by atoms with Gasteiger partial charge in [0.05, 0.1) is 5.97 Å². The number of carbonyl (C=O) groups is 3. The summed E-state index contributed by atoms with van der Waals surface area (Å²) in [5.74, 6) is -3.36. The molecule has 0 saturated heterocycles. The number of carbonyl (C=O) groups excluding carboxylic acids is 3. The normalized spacial score (nSPS) is 19.2. The van der Waals surface area contributed by atoms with Gasteiger partial charge in [0.2, 0.25) is 5.91 Å². The van der Waals surface area contributed by atoms with Crippen LogP contribution in [0.2, 0.25) is 0 Å². The minimum atomic E-state index is -1.47. The van der Waals surface area contributed by atoms with Crippen LogP contribution in [0.25, 0.3) is 0 Å². The lowest BCUT2D eigenvalue weighted by Crippen LogP contribution is -2.30. The molecule has 2 aromatic carbocycles. The van der Waals surface area contributed by atoms with E-state index in [2.05, 4.69) is 5.32 Å². The standard InChI is InChI=1S/C22H16NO7/c24-10-20(27)23-11-1-4-14(17(7-11)22(28)29)21-15-5-2-12(25)8-18(15)30-19-9-13(26)3-6-16(19)21/h1-9,15,21,26H,10H2,(H,23,27)(H,28,29)/q-1/p-2. The maximum atomic E-state index is 11.9. The molecular formula is C22H14NO7-3. The van der Waals surface area contributed by atoms with Gasteiger partial charge in [-0.1, -0.05) is 30.9 Å². The molecule has 152 valence electrons. The number of rotatable bonds is 4. The molecule has 0 radical (unpaired) electrons. The highest BCUT2D eigenvalue weighted by Gasteiger charge is 2.37. The van der Waals surface area contributed by atoms with E-state index in [9.17, 15) is 29.7 Å². The van der Waals surface area contributed by atoms with Crippen LogP contribution in [-0.2, 0) is 9.59 Å². The fourth-order valence-electron chi connectivity index (χ4n) is 3.77. The molecule has 2 aromatic rings. The zero-order valence-corrected chi connectivity index (χ0v) is 15.4. The van der Waals surface area contributed by atoms with Crippen molar-refractivity contribution in [2.75, 3.05) is 11.9 Å². The molecule has 8 heteroatoms. The van der Waals surface area contributed by atoms with E-state index in [1.165, 1.54) is 42.5 Å². The van der Waals surface area contributed by atoms with E-state index in [-0.39, 0.29) is 28.5 Å². The highest BCUT2D eigenvalue weighted by molar-refractivity contribution is 6.01. The molecule has 1 N–H and O–H groups in total. The number of benzene rings is 2. The van der Waals surface area contributed by atoms with Crippen molar-refractivity contribution in [2.45, 2.75) is 5.92 Å². The quantitative estimate of drug-likeness (QED) is 0.730. The molecule has 8 nitrogen and oxygen atoms in total. The fraction of sp³-hybridized carbons (Fsp3) is 0.136. The molecule has 1 heterocycles.